The first-order valence-electron chi connectivity index (χ1n) is 10.1. The van der Waals surface area contributed by atoms with Crippen LogP contribution < -0.4 is 20.1 Å². The predicted molar refractivity (Wildman–Crippen MR) is 123 cm³/mol. The molecule has 3 N–H and O–H groups in total. The standard InChI is InChI=1S/C22H22N4O7S/c1-32-19-9-17(18(26(30)31)10-20(19)33-11-15-12-34-13-25-15)22(29)24-7-3-6-23-21(28)14-4-2-5-16(27)8-14/h2,4-5,8-10,12-13,27H,3,6-7,11H2,1H3,(H,23,28)(H,24,29). The number of hydrogen-bond donors (Lipinski definition) is 3. The summed E-state index contributed by atoms with van der Waals surface area (Å²) in [4.78, 5) is 39.7. The number of nitro benzene ring substituents is 1. The van der Waals surface area contributed by atoms with E-state index >= 15 is 0 Å². The van der Waals surface area contributed by atoms with E-state index < -0.39 is 16.5 Å². The molecule has 0 aliphatic carbocycles. The van der Waals surface area contributed by atoms with Crippen molar-refractivity contribution in [1.82, 2.24) is 15.6 Å². The first-order valence-corrected chi connectivity index (χ1v) is 11.0. The van der Waals surface area contributed by atoms with Crippen molar-refractivity contribution in [2.45, 2.75) is 13.0 Å². The van der Waals surface area contributed by atoms with E-state index in [-0.39, 0.29) is 48.4 Å². The van der Waals surface area contributed by atoms with E-state index in [1.165, 1.54) is 36.6 Å². The zero-order valence-corrected chi connectivity index (χ0v) is 19.0. The Morgan fingerprint density at radius 3 is 2.56 bits per heavy atom. The Hall–Kier alpha value is -4.19. The average molecular weight is 487 g/mol. The van der Waals surface area contributed by atoms with E-state index in [0.717, 1.165) is 6.07 Å². The molecule has 0 radical (unpaired) electrons. The fourth-order valence-corrected chi connectivity index (χ4v) is 3.49. The van der Waals surface area contributed by atoms with Crippen LogP contribution in [-0.4, -0.2) is 47.0 Å². The van der Waals surface area contributed by atoms with Gasteiger partial charge in [-0.15, -0.1) is 11.3 Å². The van der Waals surface area contributed by atoms with E-state index in [4.69, 9.17) is 9.47 Å². The Bertz CT molecular complexity index is 1170. The molecule has 2 amide bonds. The van der Waals surface area contributed by atoms with E-state index in [2.05, 4.69) is 15.6 Å². The minimum Gasteiger partial charge on any atom is -0.508 e. The summed E-state index contributed by atoms with van der Waals surface area (Å²) in [6.45, 7) is 0.515. The smallest absolute Gasteiger partial charge is 0.286 e. The molecule has 0 unspecified atom stereocenters. The Morgan fingerprint density at radius 2 is 1.91 bits per heavy atom. The highest BCUT2D eigenvalue weighted by molar-refractivity contribution is 7.07. The number of hydrogen-bond acceptors (Lipinski definition) is 9. The molecular formula is C22H22N4O7S. The molecular weight excluding hydrogens is 464 g/mol. The maximum Gasteiger partial charge on any atom is 0.286 e. The van der Waals surface area contributed by atoms with Gasteiger partial charge in [-0.25, -0.2) is 4.98 Å². The van der Waals surface area contributed by atoms with Crippen LogP contribution in [0.5, 0.6) is 17.2 Å². The van der Waals surface area contributed by atoms with E-state index in [0.29, 0.717) is 17.7 Å². The summed E-state index contributed by atoms with van der Waals surface area (Å²) in [6.07, 6.45) is 0.385. The SMILES string of the molecule is COc1cc(C(=O)NCCCNC(=O)c2cccc(O)c2)c([N+](=O)[O-])cc1OCc1cscn1. The number of nitro groups is 1. The number of methoxy groups -OCH3 is 1. The summed E-state index contributed by atoms with van der Waals surface area (Å²) >= 11 is 1.39. The molecule has 0 aliphatic rings. The van der Waals surface area contributed by atoms with Gasteiger partial charge in [0.05, 0.1) is 29.3 Å². The van der Waals surface area contributed by atoms with Crippen molar-refractivity contribution in [3.8, 4) is 17.2 Å². The molecule has 11 nitrogen and oxygen atoms in total. The monoisotopic (exact) mass is 486 g/mol. The summed E-state index contributed by atoms with van der Waals surface area (Å²) in [5, 5.41) is 28.1. The minimum absolute atomic E-state index is 0.0171. The number of benzene rings is 2. The molecule has 3 aromatic rings. The molecule has 0 aliphatic heterocycles. The van der Waals surface area contributed by atoms with Crippen molar-refractivity contribution in [2.24, 2.45) is 0 Å². The molecule has 0 fully saturated rings. The predicted octanol–water partition coefficient (Wildman–Crippen LogP) is 2.89. The van der Waals surface area contributed by atoms with Crippen LogP contribution in [-0.2, 0) is 6.61 Å². The second-order valence-electron chi connectivity index (χ2n) is 6.96. The molecule has 0 atom stereocenters. The van der Waals surface area contributed by atoms with Crippen LogP contribution in [0.25, 0.3) is 0 Å². The number of amides is 2. The molecule has 12 heteroatoms. The summed E-state index contributed by atoms with van der Waals surface area (Å²) < 4.78 is 10.9. The summed E-state index contributed by atoms with van der Waals surface area (Å²) in [5.74, 6) is -0.750. The van der Waals surface area contributed by atoms with Crippen LogP contribution in [0.15, 0.2) is 47.3 Å². The molecule has 2 aromatic carbocycles. The zero-order chi connectivity index (χ0) is 24.5. The number of nitrogens with zero attached hydrogens (tertiary/aromatic N) is 2. The van der Waals surface area contributed by atoms with Gasteiger partial charge in [0.1, 0.15) is 17.9 Å². The third-order valence-corrected chi connectivity index (χ3v) is 5.25. The highest BCUT2D eigenvalue weighted by Gasteiger charge is 2.24. The Labute approximate surface area is 198 Å². The molecule has 1 heterocycles. The minimum atomic E-state index is -0.667. The van der Waals surface area contributed by atoms with Gasteiger partial charge in [0, 0.05) is 30.1 Å². The maximum absolute atomic E-state index is 12.6. The lowest BCUT2D eigenvalue weighted by molar-refractivity contribution is -0.385. The van der Waals surface area contributed by atoms with Gasteiger partial charge in [-0.3, -0.25) is 19.7 Å². The molecule has 0 bridgehead atoms. The van der Waals surface area contributed by atoms with Gasteiger partial charge >= 0.3 is 0 Å². The third kappa shape index (κ3) is 6.42. The topological polar surface area (TPSA) is 153 Å². The lowest BCUT2D eigenvalue weighted by Gasteiger charge is -2.12. The van der Waals surface area contributed by atoms with Gasteiger partial charge in [0.2, 0.25) is 0 Å². The third-order valence-electron chi connectivity index (χ3n) is 4.62. The largest absolute Gasteiger partial charge is 0.508 e. The van der Waals surface area contributed by atoms with Crippen LogP contribution in [0.4, 0.5) is 5.69 Å². The van der Waals surface area contributed by atoms with Crippen molar-refractivity contribution >= 4 is 28.8 Å². The van der Waals surface area contributed by atoms with E-state index in [1.807, 2.05) is 0 Å². The van der Waals surface area contributed by atoms with E-state index in [9.17, 15) is 24.8 Å². The highest BCUT2D eigenvalue weighted by Crippen LogP contribution is 2.35. The van der Waals surface area contributed by atoms with E-state index in [1.54, 1.807) is 23.0 Å². The number of thiazole rings is 1. The van der Waals surface area contributed by atoms with Gasteiger partial charge in [-0.1, -0.05) is 6.07 Å². The van der Waals surface area contributed by atoms with Gasteiger partial charge in [-0.05, 0) is 24.6 Å². The molecule has 178 valence electrons. The first-order chi connectivity index (χ1) is 16.4. The number of aromatic nitrogens is 1. The normalized spacial score (nSPS) is 10.4. The quantitative estimate of drug-likeness (QED) is 0.212. The van der Waals surface area contributed by atoms with Crippen LogP contribution in [0.2, 0.25) is 0 Å². The second-order valence-corrected chi connectivity index (χ2v) is 7.68. The summed E-state index contributed by atoms with van der Waals surface area (Å²) in [7, 11) is 1.37. The Morgan fingerprint density at radius 1 is 1.15 bits per heavy atom. The number of carbonyl (C=O) groups excluding carboxylic acids is 2. The number of rotatable bonds is 11. The maximum atomic E-state index is 12.6. The molecule has 34 heavy (non-hydrogen) atoms. The lowest BCUT2D eigenvalue weighted by atomic mass is 10.1. The molecule has 3 rings (SSSR count). The molecule has 1 aromatic heterocycles. The fraction of sp³-hybridized carbons (Fsp3) is 0.227. The zero-order valence-electron chi connectivity index (χ0n) is 18.1. The second kappa shape index (κ2) is 11.6. The molecule has 0 saturated carbocycles. The number of carbonyl (C=O) groups is 2. The molecule has 0 saturated heterocycles. The Kier molecular flexibility index (Phi) is 8.35. The van der Waals surface area contributed by atoms with Crippen molar-refractivity contribution in [3.05, 3.63) is 74.2 Å². The van der Waals surface area contributed by atoms with Crippen LogP contribution in [0.3, 0.4) is 0 Å². The number of aromatic hydroxyl groups is 1. The van der Waals surface area contributed by atoms with Gasteiger partial charge in [0.15, 0.2) is 11.5 Å². The number of phenols is 1. The first kappa shape index (κ1) is 24.5. The summed E-state index contributed by atoms with van der Waals surface area (Å²) in [5.41, 5.74) is 2.01. The molecule has 0 spiro atoms. The average Bonchev–Trinajstić information content (AvgIpc) is 3.35. The van der Waals surface area contributed by atoms with Gasteiger partial charge in [0.25, 0.3) is 17.5 Å². The van der Waals surface area contributed by atoms with Crippen molar-refractivity contribution in [3.63, 3.8) is 0 Å². The van der Waals surface area contributed by atoms with Crippen molar-refractivity contribution in [1.29, 1.82) is 0 Å². The fourth-order valence-electron chi connectivity index (χ4n) is 2.95. The number of phenolic OH excluding ortho intramolecular Hbond substituents is 1. The van der Waals surface area contributed by atoms with Crippen LogP contribution >= 0.6 is 11.3 Å². The van der Waals surface area contributed by atoms with Crippen LogP contribution in [0.1, 0.15) is 32.8 Å². The van der Waals surface area contributed by atoms with Crippen LogP contribution in [0, 0.1) is 10.1 Å². The highest BCUT2D eigenvalue weighted by atomic mass is 32.1. The summed E-state index contributed by atoms with van der Waals surface area (Å²) in [6, 6.07) is 8.33. The van der Waals surface area contributed by atoms with Crippen molar-refractivity contribution in [2.75, 3.05) is 20.2 Å². The Balaban J connectivity index is 1.58. The van der Waals surface area contributed by atoms with Gasteiger partial charge in [-0.2, -0.15) is 0 Å². The lowest BCUT2D eigenvalue weighted by Crippen LogP contribution is -2.30. The van der Waals surface area contributed by atoms with Gasteiger partial charge < -0.3 is 25.2 Å². The van der Waals surface area contributed by atoms with Crippen molar-refractivity contribution < 1.29 is 29.1 Å². The number of ether oxygens (including phenoxy) is 2. The number of nitrogens with one attached hydrogen (secondary N) is 2.